The van der Waals surface area contributed by atoms with Crippen molar-refractivity contribution >= 4 is 0 Å². The third-order valence-electron chi connectivity index (χ3n) is 1.86. The van der Waals surface area contributed by atoms with Gasteiger partial charge in [-0.25, -0.2) is 0 Å². The molecule has 0 bridgehead atoms. The normalized spacial score (nSPS) is 23.8. The molecule has 1 rings (SSSR count). The number of halogens is 3. The molecule has 1 atom stereocenters. The van der Waals surface area contributed by atoms with Crippen molar-refractivity contribution in [2.75, 3.05) is 19.8 Å². The Morgan fingerprint density at radius 2 is 2.15 bits per heavy atom. The Morgan fingerprint density at radius 3 is 2.69 bits per heavy atom. The monoisotopic (exact) mass is 198 g/mol. The van der Waals surface area contributed by atoms with Crippen molar-refractivity contribution in [3.05, 3.63) is 0 Å². The Labute approximate surface area is 75.0 Å². The summed E-state index contributed by atoms with van der Waals surface area (Å²) in [5.74, 6) is 0. The zero-order valence-electron chi connectivity index (χ0n) is 7.27. The molecule has 1 unspecified atom stereocenters. The van der Waals surface area contributed by atoms with Crippen LogP contribution >= 0.6 is 0 Å². The van der Waals surface area contributed by atoms with Crippen molar-refractivity contribution in [3.63, 3.8) is 0 Å². The number of hydrogen-bond donors (Lipinski definition) is 0. The van der Waals surface area contributed by atoms with Gasteiger partial charge in [0, 0.05) is 6.61 Å². The second-order valence-corrected chi connectivity index (χ2v) is 3.08. The largest absolute Gasteiger partial charge is 0.391 e. The minimum atomic E-state index is -4.11. The van der Waals surface area contributed by atoms with Gasteiger partial charge in [0.25, 0.3) is 0 Å². The van der Waals surface area contributed by atoms with E-state index in [-0.39, 0.29) is 19.3 Å². The maximum atomic E-state index is 11.6. The Kier molecular flexibility index (Phi) is 3.99. The van der Waals surface area contributed by atoms with Crippen LogP contribution in [0.4, 0.5) is 13.2 Å². The molecule has 0 aromatic rings. The van der Waals surface area contributed by atoms with Gasteiger partial charge in [-0.2, -0.15) is 13.2 Å². The fourth-order valence-corrected chi connectivity index (χ4v) is 1.18. The molecule has 1 aliphatic heterocycles. The van der Waals surface area contributed by atoms with Crippen LogP contribution in [0.5, 0.6) is 0 Å². The smallest absolute Gasteiger partial charge is 0.378 e. The molecule has 0 saturated carbocycles. The summed E-state index contributed by atoms with van der Waals surface area (Å²) in [6.45, 7) is 0.729. The minimum absolute atomic E-state index is 0.00762. The van der Waals surface area contributed by atoms with Gasteiger partial charge in [0.05, 0.1) is 25.7 Å². The maximum Gasteiger partial charge on any atom is 0.391 e. The molecular weight excluding hydrogens is 185 g/mol. The summed E-state index contributed by atoms with van der Waals surface area (Å²) < 4.78 is 45.0. The van der Waals surface area contributed by atoms with Crippen molar-refractivity contribution in [1.29, 1.82) is 0 Å². The van der Waals surface area contributed by atoms with Crippen molar-refractivity contribution in [2.24, 2.45) is 0 Å². The zero-order chi connectivity index (χ0) is 9.73. The maximum absolute atomic E-state index is 11.6. The molecule has 1 saturated heterocycles. The highest BCUT2D eigenvalue weighted by Crippen LogP contribution is 2.19. The lowest BCUT2D eigenvalue weighted by molar-refractivity contribution is -0.147. The van der Waals surface area contributed by atoms with Gasteiger partial charge in [-0.15, -0.1) is 0 Å². The van der Waals surface area contributed by atoms with Crippen LogP contribution in [0.15, 0.2) is 0 Å². The highest BCUT2D eigenvalue weighted by atomic mass is 19.4. The summed E-state index contributed by atoms with van der Waals surface area (Å²) in [7, 11) is 0. The van der Waals surface area contributed by atoms with Crippen LogP contribution in [-0.2, 0) is 9.47 Å². The van der Waals surface area contributed by atoms with Crippen LogP contribution < -0.4 is 0 Å². The van der Waals surface area contributed by atoms with E-state index in [9.17, 15) is 13.2 Å². The van der Waals surface area contributed by atoms with Gasteiger partial charge in [-0.1, -0.05) is 0 Å². The first-order valence-corrected chi connectivity index (χ1v) is 4.34. The van der Waals surface area contributed by atoms with Crippen molar-refractivity contribution < 1.29 is 22.6 Å². The average Bonchev–Trinajstić information content (AvgIpc) is 2.48. The molecule has 0 aromatic heterocycles. The first-order chi connectivity index (χ1) is 6.08. The lowest BCUT2D eigenvalue weighted by Crippen LogP contribution is -2.17. The average molecular weight is 198 g/mol. The van der Waals surface area contributed by atoms with E-state index in [1.165, 1.54) is 0 Å². The van der Waals surface area contributed by atoms with E-state index >= 15 is 0 Å². The van der Waals surface area contributed by atoms with E-state index in [0.717, 1.165) is 12.8 Å². The molecule has 13 heavy (non-hydrogen) atoms. The zero-order valence-corrected chi connectivity index (χ0v) is 7.27. The van der Waals surface area contributed by atoms with Crippen molar-refractivity contribution in [1.82, 2.24) is 0 Å². The molecule has 0 aromatic carbocycles. The summed E-state index contributed by atoms with van der Waals surface area (Å²) in [5.41, 5.74) is 0. The standard InChI is InChI=1S/C8H13F3O2/c9-8(10,11)3-5-12-6-7-2-1-4-13-7/h7H,1-6H2. The first-order valence-electron chi connectivity index (χ1n) is 4.34. The van der Waals surface area contributed by atoms with Crippen LogP contribution in [0.2, 0.25) is 0 Å². The van der Waals surface area contributed by atoms with E-state index in [2.05, 4.69) is 0 Å². The van der Waals surface area contributed by atoms with Gasteiger partial charge in [-0.05, 0) is 12.8 Å². The molecule has 5 heteroatoms. The summed E-state index contributed by atoms with van der Waals surface area (Å²) in [5, 5.41) is 0. The summed E-state index contributed by atoms with van der Waals surface area (Å²) >= 11 is 0. The minimum Gasteiger partial charge on any atom is -0.378 e. The summed E-state index contributed by atoms with van der Waals surface area (Å²) in [4.78, 5) is 0. The highest BCUT2D eigenvalue weighted by Gasteiger charge is 2.26. The van der Waals surface area contributed by atoms with Gasteiger partial charge in [0.1, 0.15) is 0 Å². The molecule has 1 heterocycles. The Balaban J connectivity index is 1.94. The first kappa shape index (κ1) is 10.8. The molecule has 2 nitrogen and oxygen atoms in total. The van der Waals surface area contributed by atoms with Crippen molar-refractivity contribution in [2.45, 2.75) is 31.5 Å². The second kappa shape index (κ2) is 4.81. The van der Waals surface area contributed by atoms with Crippen molar-refractivity contribution in [3.8, 4) is 0 Å². The van der Waals surface area contributed by atoms with Gasteiger partial charge in [0.15, 0.2) is 0 Å². The Hall–Kier alpha value is -0.290. The molecular formula is C8H13F3O2. The molecule has 0 amide bonds. The van der Waals surface area contributed by atoms with E-state index in [4.69, 9.17) is 9.47 Å². The summed E-state index contributed by atoms with van der Waals surface area (Å²) in [6.07, 6.45) is -3.11. The van der Waals surface area contributed by atoms with Crippen LogP contribution in [0, 0.1) is 0 Å². The molecule has 0 N–H and O–H groups in total. The van der Waals surface area contributed by atoms with Gasteiger partial charge < -0.3 is 9.47 Å². The quantitative estimate of drug-likeness (QED) is 0.644. The molecule has 1 aliphatic rings. The number of ether oxygens (including phenoxy) is 2. The molecule has 0 spiro atoms. The third kappa shape index (κ3) is 5.10. The predicted molar refractivity (Wildman–Crippen MR) is 40.5 cm³/mol. The van der Waals surface area contributed by atoms with E-state index < -0.39 is 12.6 Å². The van der Waals surface area contributed by atoms with Gasteiger partial charge >= 0.3 is 6.18 Å². The molecule has 0 radical (unpaired) electrons. The SMILES string of the molecule is FC(F)(F)CCOCC1CCCO1. The van der Waals surface area contributed by atoms with Crippen LogP contribution in [0.1, 0.15) is 19.3 Å². The number of rotatable bonds is 4. The Morgan fingerprint density at radius 1 is 1.38 bits per heavy atom. The van der Waals surface area contributed by atoms with E-state index in [1.807, 2.05) is 0 Å². The third-order valence-corrected chi connectivity index (χ3v) is 1.86. The second-order valence-electron chi connectivity index (χ2n) is 3.08. The number of alkyl halides is 3. The summed E-state index contributed by atoms with van der Waals surface area (Å²) in [6, 6.07) is 0. The lowest BCUT2D eigenvalue weighted by atomic mass is 10.2. The Bertz CT molecular complexity index is 141. The fourth-order valence-electron chi connectivity index (χ4n) is 1.18. The van der Waals surface area contributed by atoms with Gasteiger partial charge in [0.2, 0.25) is 0 Å². The van der Waals surface area contributed by atoms with E-state index in [1.54, 1.807) is 0 Å². The topological polar surface area (TPSA) is 18.5 Å². The highest BCUT2D eigenvalue weighted by molar-refractivity contribution is 4.63. The van der Waals surface area contributed by atoms with Crippen LogP contribution in [-0.4, -0.2) is 32.1 Å². The predicted octanol–water partition coefficient (Wildman–Crippen LogP) is 2.13. The number of hydrogen-bond acceptors (Lipinski definition) is 2. The molecule has 0 aliphatic carbocycles. The van der Waals surface area contributed by atoms with Gasteiger partial charge in [-0.3, -0.25) is 0 Å². The fraction of sp³-hybridized carbons (Fsp3) is 1.00. The molecule has 78 valence electrons. The van der Waals surface area contributed by atoms with Crippen LogP contribution in [0.25, 0.3) is 0 Å². The molecule has 1 fully saturated rings. The van der Waals surface area contributed by atoms with E-state index in [0.29, 0.717) is 6.61 Å². The lowest BCUT2D eigenvalue weighted by Gasteiger charge is -2.10. The van der Waals surface area contributed by atoms with Crippen LogP contribution in [0.3, 0.4) is 0 Å².